The van der Waals surface area contributed by atoms with Crippen LogP contribution in [0.4, 0.5) is 4.79 Å². The molecule has 0 unspecified atom stereocenters. The molecule has 0 bridgehead atoms. The highest BCUT2D eigenvalue weighted by atomic mass is 32.2. The first-order valence-electron chi connectivity index (χ1n) is 10.1. The Kier molecular flexibility index (Phi) is 6.23. The van der Waals surface area contributed by atoms with Crippen molar-refractivity contribution in [2.75, 3.05) is 13.1 Å². The minimum Gasteiger partial charge on any atom is -0.350 e. The van der Waals surface area contributed by atoms with Gasteiger partial charge in [-0.2, -0.15) is 5.10 Å². The van der Waals surface area contributed by atoms with Gasteiger partial charge in [-0.15, -0.1) is 0 Å². The lowest BCUT2D eigenvalue weighted by Crippen LogP contribution is -2.37. The second-order valence-electron chi connectivity index (χ2n) is 7.34. The molecule has 1 fully saturated rings. The fourth-order valence-electron chi connectivity index (χ4n) is 3.45. The number of hydrogen-bond donors (Lipinski definition) is 1. The number of carbonyl (C=O) groups excluding carboxylic acids is 3. The summed E-state index contributed by atoms with van der Waals surface area (Å²) in [6, 6.07) is 17.2. The highest BCUT2D eigenvalue weighted by molar-refractivity contribution is 8.18. The molecule has 3 aromatic rings. The van der Waals surface area contributed by atoms with E-state index in [-0.39, 0.29) is 30.1 Å². The molecule has 7 nitrogen and oxygen atoms in total. The van der Waals surface area contributed by atoms with E-state index in [1.807, 2.05) is 68.4 Å². The molecule has 8 heteroatoms. The molecule has 32 heavy (non-hydrogen) atoms. The number of nitrogens with one attached hydrogen (secondary N) is 1. The van der Waals surface area contributed by atoms with Crippen LogP contribution in [0.1, 0.15) is 27.2 Å². The van der Waals surface area contributed by atoms with Crippen molar-refractivity contribution in [3.63, 3.8) is 0 Å². The lowest BCUT2D eigenvalue weighted by molar-refractivity contribution is -0.122. The van der Waals surface area contributed by atoms with Crippen LogP contribution in [0.3, 0.4) is 0 Å². The summed E-state index contributed by atoms with van der Waals surface area (Å²) < 4.78 is 1.73. The zero-order chi connectivity index (χ0) is 22.7. The number of carbonyl (C=O) groups is 3. The number of thioether (sulfide) groups is 1. The Morgan fingerprint density at radius 2 is 1.78 bits per heavy atom. The molecule has 1 aromatic heterocycles. The van der Waals surface area contributed by atoms with E-state index in [9.17, 15) is 14.4 Å². The average Bonchev–Trinajstić information content (AvgIpc) is 3.29. The Balaban J connectivity index is 1.38. The number of nitrogens with zero attached hydrogens (tertiary/aromatic N) is 3. The van der Waals surface area contributed by atoms with Gasteiger partial charge in [0.25, 0.3) is 17.1 Å². The molecular weight excluding hydrogens is 424 g/mol. The predicted molar refractivity (Wildman–Crippen MR) is 124 cm³/mol. The predicted octanol–water partition coefficient (Wildman–Crippen LogP) is 3.96. The van der Waals surface area contributed by atoms with E-state index in [1.54, 1.807) is 10.8 Å². The van der Waals surface area contributed by atoms with Crippen molar-refractivity contribution in [3.05, 3.63) is 88.1 Å². The lowest BCUT2D eigenvalue weighted by Gasteiger charge is -2.13. The van der Waals surface area contributed by atoms with E-state index in [0.717, 1.165) is 33.5 Å². The fraction of sp³-hybridized carbons (Fsp3) is 0.167. The molecule has 0 saturated carbocycles. The van der Waals surface area contributed by atoms with Gasteiger partial charge in [-0.05, 0) is 48.9 Å². The minimum absolute atomic E-state index is 0.105. The smallest absolute Gasteiger partial charge is 0.293 e. The topological polar surface area (TPSA) is 84.3 Å². The third-order valence-corrected chi connectivity index (χ3v) is 6.10. The second-order valence-corrected chi connectivity index (χ2v) is 8.34. The third-order valence-electron chi connectivity index (χ3n) is 5.19. The summed E-state index contributed by atoms with van der Waals surface area (Å²) in [5.74, 6) is -0.643. The van der Waals surface area contributed by atoms with Crippen molar-refractivity contribution < 1.29 is 14.4 Å². The number of aromatic nitrogens is 2. The van der Waals surface area contributed by atoms with E-state index in [0.29, 0.717) is 16.2 Å². The van der Waals surface area contributed by atoms with Gasteiger partial charge in [0, 0.05) is 13.1 Å². The molecule has 1 N–H and O–H groups in total. The Hall–Kier alpha value is -3.65. The summed E-state index contributed by atoms with van der Waals surface area (Å²) in [5, 5.41) is 6.80. The number of amides is 3. The second kappa shape index (κ2) is 9.23. The largest absolute Gasteiger partial charge is 0.350 e. The van der Waals surface area contributed by atoms with Gasteiger partial charge in [-0.3, -0.25) is 19.3 Å². The van der Waals surface area contributed by atoms with Gasteiger partial charge < -0.3 is 5.32 Å². The van der Waals surface area contributed by atoms with Gasteiger partial charge in [0.2, 0.25) is 0 Å². The normalized spacial score (nSPS) is 14.9. The summed E-state index contributed by atoms with van der Waals surface area (Å²) in [5.41, 5.74) is 3.98. The summed E-state index contributed by atoms with van der Waals surface area (Å²) in [6.45, 7) is 4.08. The molecule has 0 radical (unpaired) electrons. The van der Waals surface area contributed by atoms with Crippen molar-refractivity contribution >= 4 is 34.9 Å². The van der Waals surface area contributed by atoms with Crippen LogP contribution in [0.2, 0.25) is 0 Å². The number of hydrogen-bond acceptors (Lipinski definition) is 5. The molecule has 1 aliphatic rings. The van der Waals surface area contributed by atoms with Crippen molar-refractivity contribution in [2.24, 2.45) is 0 Å². The molecule has 1 saturated heterocycles. The van der Waals surface area contributed by atoms with Gasteiger partial charge in [0.05, 0.1) is 28.0 Å². The molecule has 0 spiro atoms. The van der Waals surface area contributed by atoms with Crippen LogP contribution in [-0.2, 0) is 4.79 Å². The fourth-order valence-corrected chi connectivity index (χ4v) is 4.31. The quantitative estimate of drug-likeness (QED) is 0.580. The van der Waals surface area contributed by atoms with Crippen LogP contribution in [0.15, 0.2) is 65.7 Å². The summed E-state index contributed by atoms with van der Waals surface area (Å²) in [4.78, 5) is 39.1. The number of benzene rings is 2. The van der Waals surface area contributed by atoms with E-state index >= 15 is 0 Å². The van der Waals surface area contributed by atoms with Crippen LogP contribution in [0.25, 0.3) is 11.8 Å². The van der Waals surface area contributed by atoms with Crippen molar-refractivity contribution in [1.29, 1.82) is 0 Å². The molecule has 1 aliphatic heterocycles. The minimum atomic E-state index is -0.346. The zero-order valence-electron chi connectivity index (χ0n) is 17.7. The number of imide groups is 1. The van der Waals surface area contributed by atoms with Crippen molar-refractivity contribution in [1.82, 2.24) is 20.0 Å². The maximum Gasteiger partial charge on any atom is 0.293 e. The number of para-hydroxylation sites is 1. The van der Waals surface area contributed by atoms with Crippen LogP contribution in [0, 0.1) is 13.8 Å². The SMILES string of the molecule is Cc1ccccc1-n1ncc(C(=O)NCCN2C(=O)S/C(=C\c3ccccc3)C2=O)c1C. The van der Waals surface area contributed by atoms with Crippen LogP contribution < -0.4 is 5.32 Å². The Morgan fingerprint density at radius 1 is 1.06 bits per heavy atom. The van der Waals surface area contributed by atoms with E-state index in [2.05, 4.69) is 10.4 Å². The van der Waals surface area contributed by atoms with Crippen LogP contribution in [0.5, 0.6) is 0 Å². The van der Waals surface area contributed by atoms with Crippen LogP contribution >= 0.6 is 11.8 Å². The maximum atomic E-state index is 12.7. The van der Waals surface area contributed by atoms with Crippen molar-refractivity contribution in [3.8, 4) is 5.69 Å². The molecule has 4 rings (SSSR count). The summed E-state index contributed by atoms with van der Waals surface area (Å²) in [6.07, 6.45) is 3.23. The monoisotopic (exact) mass is 446 g/mol. The highest BCUT2D eigenvalue weighted by Gasteiger charge is 2.34. The van der Waals surface area contributed by atoms with Gasteiger partial charge in [0.15, 0.2) is 0 Å². The van der Waals surface area contributed by atoms with Crippen molar-refractivity contribution in [2.45, 2.75) is 13.8 Å². The van der Waals surface area contributed by atoms with E-state index in [4.69, 9.17) is 0 Å². The highest BCUT2D eigenvalue weighted by Crippen LogP contribution is 2.31. The number of aryl methyl sites for hydroxylation is 1. The zero-order valence-corrected chi connectivity index (χ0v) is 18.6. The summed E-state index contributed by atoms with van der Waals surface area (Å²) >= 11 is 0.909. The Labute approximate surface area is 190 Å². The van der Waals surface area contributed by atoms with Gasteiger partial charge in [-0.25, -0.2) is 4.68 Å². The first kappa shape index (κ1) is 21.6. The third kappa shape index (κ3) is 4.36. The first-order chi connectivity index (χ1) is 15.5. The maximum absolute atomic E-state index is 12.7. The van der Waals surface area contributed by atoms with Gasteiger partial charge in [0.1, 0.15) is 0 Å². The molecular formula is C24H22N4O3S. The Morgan fingerprint density at radius 3 is 2.53 bits per heavy atom. The molecule has 2 heterocycles. The number of rotatable bonds is 6. The molecule has 0 atom stereocenters. The van der Waals surface area contributed by atoms with Gasteiger partial charge in [-0.1, -0.05) is 48.5 Å². The molecule has 3 amide bonds. The molecule has 0 aliphatic carbocycles. The molecule has 162 valence electrons. The summed E-state index contributed by atoms with van der Waals surface area (Å²) in [7, 11) is 0. The average molecular weight is 447 g/mol. The Bertz CT molecular complexity index is 1220. The first-order valence-corrected chi connectivity index (χ1v) is 11.0. The van der Waals surface area contributed by atoms with Gasteiger partial charge >= 0.3 is 0 Å². The van der Waals surface area contributed by atoms with Crippen LogP contribution in [-0.4, -0.2) is 44.8 Å². The lowest BCUT2D eigenvalue weighted by atomic mass is 10.2. The van der Waals surface area contributed by atoms with E-state index < -0.39 is 0 Å². The molecule has 2 aromatic carbocycles. The standard InChI is InChI=1S/C24H22N4O3S/c1-16-8-6-7-11-20(16)28-17(2)19(15-26-28)22(29)25-12-13-27-23(30)21(32-24(27)31)14-18-9-4-3-5-10-18/h3-11,14-15H,12-13H2,1-2H3,(H,25,29)/b21-14-. The van der Waals surface area contributed by atoms with E-state index in [1.165, 1.54) is 6.20 Å².